The summed E-state index contributed by atoms with van der Waals surface area (Å²) in [7, 11) is 0. The van der Waals surface area contributed by atoms with E-state index in [9.17, 15) is 18.0 Å². The zero-order chi connectivity index (χ0) is 19.0. The second-order valence-corrected chi connectivity index (χ2v) is 4.65. The smallest absolute Gasteiger partial charge is 0.415 e. The first-order valence-electron chi connectivity index (χ1n) is 7.31. The van der Waals surface area contributed by atoms with Gasteiger partial charge in [0, 0.05) is 11.8 Å². The molecule has 1 aromatic heterocycles. The molecule has 0 radical (unpaired) electrons. The molecule has 4 nitrogen and oxygen atoms in total. The lowest BCUT2D eigenvalue weighted by Crippen LogP contribution is -2.11. The fourth-order valence-electron chi connectivity index (χ4n) is 1.69. The Hall–Kier alpha value is -2.83. The van der Waals surface area contributed by atoms with Gasteiger partial charge in [0.15, 0.2) is 0 Å². The van der Waals surface area contributed by atoms with Crippen LogP contribution in [0.3, 0.4) is 0 Å². The summed E-state index contributed by atoms with van der Waals surface area (Å²) in [5, 5.41) is 0. The highest BCUT2D eigenvalue weighted by atomic mass is 19.4. The van der Waals surface area contributed by atoms with Crippen molar-refractivity contribution in [2.45, 2.75) is 20.0 Å². The molecule has 0 fully saturated rings. The monoisotopic (exact) mass is 353 g/mol. The van der Waals surface area contributed by atoms with Gasteiger partial charge in [-0.3, -0.25) is 0 Å². The molecular formula is C18H18F3NO3. The number of carbonyl (C=O) groups excluding carboxylic acids is 1. The van der Waals surface area contributed by atoms with E-state index in [0.29, 0.717) is 5.56 Å². The normalized spacial score (nSPS) is 12.1. The highest BCUT2D eigenvalue weighted by molar-refractivity contribution is 5.95. The van der Waals surface area contributed by atoms with E-state index < -0.39 is 17.7 Å². The van der Waals surface area contributed by atoms with E-state index >= 15 is 0 Å². The second-order valence-electron chi connectivity index (χ2n) is 4.65. The van der Waals surface area contributed by atoms with E-state index in [1.165, 1.54) is 18.3 Å². The number of rotatable bonds is 7. The van der Waals surface area contributed by atoms with Gasteiger partial charge in [-0.05, 0) is 43.7 Å². The van der Waals surface area contributed by atoms with Gasteiger partial charge in [-0.1, -0.05) is 19.2 Å². The number of carbonyl (C=O) groups is 1. The van der Waals surface area contributed by atoms with Crippen molar-refractivity contribution < 1.29 is 27.4 Å². The number of ether oxygens (including phenoxy) is 2. The third kappa shape index (κ3) is 5.63. The quantitative estimate of drug-likeness (QED) is 0.399. The van der Waals surface area contributed by atoms with Crippen LogP contribution in [0.1, 0.15) is 29.8 Å². The minimum Gasteiger partial charge on any atom is -0.462 e. The van der Waals surface area contributed by atoms with Gasteiger partial charge in [0.2, 0.25) is 5.88 Å². The Morgan fingerprint density at radius 3 is 2.56 bits per heavy atom. The molecule has 0 N–H and O–H groups in total. The lowest BCUT2D eigenvalue weighted by atomic mass is 10.1. The number of halogens is 3. The van der Waals surface area contributed by atoms with Gasteiger partial charge in [0.25, 0.3) is 0 Å². The van der Waals surface area contributed by atoms with Crippen LogP contribution in [-0.2, 0) is 4.74 Å². The molecule has 0 aliphatic heterocycles. The molecule has 1 aromatic rings. The van der Waals surface area contributed by atoms with Crippen LogP contribution in [0.2, 0.25) is 0 Å². The van der Waals surface area contributed by atoms with E-state index in [0.717, 1.165) is 12.2 Å². The second kappa shape index (κ2) is 8.86. The molecule has 0 unspecified atom stereocenters. The van der Waals surface area contributed by atoms with Crippen LogP contribution >= 0.6 is 0 Å². The fraction of sp³-hybridized carbons (Fsp3) is 0.222. The maximum atomic E-state index is 12.5. The zero-order valence-corrected chi connectivity index (χ0v) is 13.9. The summed E-state index contributed by atoms with van der Waals surface area (Å²) < 4.78 is 47.9. The molecule has 0 spiro atoms. The molecule has 0 saturated carbocycles. The van der Waals surface area contributed by atoms with Crippen LogP contribution in [-0.4, -0.2) is 23.7 Å². The molecule has 25 heavy (non-hydrogen) atoms. The minimum atomic E-state index is -4.54. The summed E-state index contributed by atoms with van der Waals surface area (Å²) in [6, 6.07) is 1.54. The first-order valence-corrected chi connectivity index (χ1v) is 7.31. The van der Waals surface area contributed by atoms with Crippen LogP contribution in [0, 0.1) is 0 Å². The van der Waals surface area contributed by atoms with Crippen LogP contribution in [0.25, 0.3) is 6.08 Å². The fourth-order valence-corrected chi connectivity index (χ4v) is 1.69. The molecule has 0 bridgehead atoms. The van der Waals surface area contributed by atoms with Gasteiger partial charge < -0.3 is 9.47 Å². The Morgan fingerprint density at radius 1 is 1.36 bits per heavy atom. The summed E-state index contributed by atoms with van der Waals surface area (Å²) in [4.78, 5) is 16.1. The van der Waals surface area contributed by atoms with Crippen molar-refractivity contribution in [3.05, 3.63) is 66.1 Å². The Morgan fingerprint density at radius 2 is 2.04 bits per heavy atom. The number of alkyl halides is 3. The van der Waals surface area contributed by atoms with Crippen LogP contribution in [0.4, 0.5) is 13.2 Å². The first-order chi connectivity index (χ1) is 11.7. The van der Waals surface area contributed by atoms with Crippen molar-refractivity contribution in [3.63, 3.8) is 0 Å². The molecule has 1 rings (SSSR count). The number of pyridine rings is 1. The standard InChI is InChI=1S/C18H18F3NO3/c1-5-13-10-11-22-16(15(13)17(23)24-7-3)25-14(6-2)9-8-12(4)18(19,20)21/h5-6,8-11H,1,4,7H2,2-3H3/b9-8-,14-6-. The van der Waals surface area contributed by atoms with Crippen molar-refractivity contribution in [3.8, 4) is 5.88 Å². The molecule has 0 aliphatic rings. The number of hydrogen-bond donors (Lipinski definition) is 0. The summed E-state index contributed by atoms with van der Waals surface area (Å²) in [5.74, 6) is -0.699. The van der Waals surface area contributed by atoms with Gasteiger partial charge in [-0.15, -0.1) is 0 Å². The number of hydrogen-bond acceptors (Lipinski definition) is 4. The predicted molar refractivity (Wildman–Crippen MR) is 89.0 cm³/mol. The average molecular weight is 353 g/mol. The van der Waals surface area contributed by atoms with Crippen LogP contribution in [0.15, 0.2) is 55.0 Å². The van der Waals surface area contributed by atoms with Gasteiger partial charge >= 0.3 is 12.1 Å². The van der Waals surface area contributed by atoms with Crippen molar-refractivity contribution in [1.82, 2.24) is 4.98 Å². The molecule has 0 atom stereocenters. The lowest BCUT2D eigenvalue weighted by Gasteiger charge is -2.12. The molecule has 0 amide bonds. The van der Waals surface area contributed by atoms with Crippen LogP contribution < -0.4 is 4.74 Å². The molecule has 1 heterocycles. The van der Waals surface area contributed by atoms with Crippen molar-refractivity contribution in [1.29, 1.82) is 0 Å². The zero-order valence-electron chi connectivity index (χ0n) is 13.9. The Balaban J connectivity index is 3.16. The van der Waals surface area contributed by atoms with Gasteiger partial charge in [0.05, 0.1) is 6.61 Å². The van der Waals surface area contributed by atoms with Gasteiger partial charge in [-0.2, -0.15) is 13.2 Å². The topological polar surface area (TPSA) is 48.4 Å². The van der Waals surface area contributed by atoms with Crippen molar-refractivity contribution in [2.24, 2.45) is 0 Å². The summed E-state index contributed by atoms with van der Waals surface area (Å²) in [6.45, 7) is 9.90. The van der Waals surface area contributed by atoms with Gasteiger partial charge in [0.1, 0.15) is 11.3 Å². The Bertz CT molecular complexity index is 719. The average Bonchev–Trinajstić information content (AvgIpc) is 2.57. The third-order valence-corrected chi connectivity index (χ3v) is 2.96. The molecule has 0 aromatic carbocycles. The molecule has 134 valence electrons. The number of esters is 1. The Labute approximate surface area is 144 Å². The summed E-state index contributed by atoms with van der Waals surface area (Å²) in [5.41, 5.74) is -0.557. The lowest BCUT2D eigenvalue weighted by molar-refractivity contribution is -0.0878. The summed E-state index contributed by atoms with van der Waals surface area (Å²) in [6.07, 6.45) is 1.58. The third-order valence-electron chi connectivity index (χ3n) is 2.96. The van der Waals surface area contributed by atoms with E-state index in [-0.39, 0.29) is 23.8 Å². The maximum absolute atomic E-state index is 12.5. The molecule has 0 aliphatic carbocycles. The van der Waals surface area contributed by atoms with Gasteiger partial charge in [-0.25, -0.2) is 9.78 Å². The molecular weight excluding hydrogens is 335 g/mol. The summed E-state index contributed by atoms with van der Waals surface area (Å²) >= 11 is 0. The van der Waals surface area contributed by atoms with E-state index in [1.54, 1.807) is 19.9 Å². The predicted octanol–water partition coefficient (Wildman–Crippen LogP) is 4.86. The van der Waals surface area contributed by atoms with Crippen molar-refractivity contribution >= 4 is 12.0 Å². The van der Waals surface area contributed by atoms with Crippen molar-refractivity contribution in [2.75, 3.05) is 6.61 Å². The minimum absolute atomic E-state index is 0.0433. The van der Waals surface area contributed by atoms with E-state index in [1.807, 2.05) is 0 Å². The van der Waals surface area contributed by atoms with Crippen LogP contribution in [0.5, 0.6) is 5.88 Å². The molecule has 0 saturated heterocycles. The first kappa shape index (κ1) is 20.2. The maximum Gasteiger partial charge on any atom is 0.415 e. The largest absolute Gasteiger partial charge is 0.462 e. The highest BCUT2D eigenvalue weighted by Crippen LogP contribution is 2.27. The number of allylic oxidation sites excluding steroid dienone is 4. The molecule has 7 heteroatoms. The SMILES string of the molecule is C=Cc1ccnc(OC(/C=C\C(=C)C(F)(F)F)=C\C)c1C(=O)OCC. The highest BCUT2D eigenvalue weighted by Gasteiger charge is 2.29. The number of aromatic nitrogens is 1. The van der Waals surface area contributed by atoms with E-state index in [2.05, 4.69) is 18.1 Å². The van der Waals surface area contributed by atoms with E-state index in [4.69, 9.17) is 9.47 Å². The number of nitrogens with zero attached hydrogens (tertiary/aromatic N) is 1. The Kier molecular flexibility index (Phi) is 7.17.